The Balaban J connectivity index is 2.38. The molecule has 1 aromatic carbocycles. The highest BCUT2D eigenvalue weighted by molar-refractivity contribution is 9.10. The van der Waals surface area contributed by atoms with Gasteiger partial charge in [0.05, 0.1) is 6.10 Å². The SMILES string of the molecule is CC(C)OCCC(CCl)Cc1ccc(Br)cc1. The lowest BCUT2D eigenvalue weighted by molar-refractivity contribution is 0.0700. The van der Waals surface area contributed by atoms with E-state index < -0.39 is 0 Å². The fourth-order valence-corrected chi connectivity index (χ4v) is 2.19. The lowest BCUT2D eigenvalue weighted by Gasteiger charge is -2.15. The third-order valence-electron chi connectivity index (χ3n) is 2.63. The van der Waals surface area contributed by atoms with Crippen LogP contribution in [0.25, 0.3) is 0 Å². The third kappa shape index (κ3) is 6.44. The molecular weight excluding hydrogens is 300 g/mol. The van der Waals surface area contributed by atoms with E-state index in [1.54, 1.807) is 0 Å². The molecule has 1 nitrogen and oxygen atoms in total. The van der Waals surface area contributed by atoms with Crippen molar-refractivity contribution in [1.82, 2.24) is 0 Å². The average molecular weight is 320 g/mol. The van der Waals surface area contributed by atoms with Crippen molar-refractivity contribution in [3.05, 3.63) is 34.3 Å². The molecule has 1 rings (SSSR count). The molecule has 0 aromatic heterocycles. The lowest BCUT2D eigenvalue weighted by Crippen LogP contribution is -2.12. The summed E-state index contributed by atoms with van der Waals surface area (Å²) in [5, 5.41) is 0. The summed E-state index contributed by atoms with van der Waals surface area (Å²) in [4.78, 5) is 0. The summed E-state index contributed by atoms with van der Waals surface area (Å²) in [6, 6.07) is 8.44. The molecular formula is C14H20BrClO. The van der Waals surface area contributed by atoms with Crippen LogP contribution in [0.15, 0.2) is 28.7 Å². The Hall–Kier alpha value is -0.0500. The molecule has 0 radical (unpaired) electrons. The van der Waals surface area contributed by atoms with E-state index in [9.17, 15) is 0 Å². The number of ether oxygens (including phenoxy) is 1. The molecule has 0 amide bonds. The molecule has 0 heterocycles. The molecule has 1 atom stereocenters. The summed E-state index contributed by atoms with van der Waals surface area (Å²) in [6.07, 6.45) is 2.36. The molecule has 0 saturated heterocycles. The number of rotatable bonds is 7. The van der Waals surface area contributed by atoms with Gasteiger partial charge >= 0.3 is 0 Å². The minimum absolute atomic E-state index is 0.304. The Labute approximate surface area is 118 Å². The summed E-state index contributed by atoms with van der Waals surface area (Å²) in [5.74, 6) is 1.19. The first kappa shape index (κ1) is 15.0. The highest BCUT2D eigenvalue weighted by atomic mass is 79.9. The maximum absolute atomic E-state index is 6.00. The van der Waals surface area contributed by atoms with E-state index in [-0.39, 0.29) is 0 Å². The van der Waals surface area contributed by atoms with Gasteiger partial charge < -0.3 is 4.74 Å². The first-order valence-corrected chi connectivity index (χ1v) is 7.36. The van der Waals surface area contributed by atoms with Gasteiger partial charge in [-0.2, -0.15) is 0 Å². The summed E-state index contributed by atoms with van der Waals surface area (Å²) < 4.78 is 6.68. The molecule has 0 spiro atoms. The van der Waals surface area contributed by atoms with Crippen LogP contribution in [0, 0.1) is 5.92 Å². The fourth-order valence-electron chi connectivity index (χ4n) is 1.66. The van der Waals surface area contributed by atoms with E-state index in [1.807, 2.05) is 0 Å². The van der Waals surface area contributed by atoms with Gasteiger partial charge in [0.15, 0.2) is 0 Å². The van der Waals surface area contributed by atoms with Gasteiger partial charge in [-0.15, -0.1) is 11.6 Å². The van der Waals surface area contributed by atoms with E-state index in [4.69, 9.17) is 16.3 Å². The van der Waals surface area contributed by atoms with Gasteiger partial charge in [-0.3, -0.25) is 0 Å². The smallest absolute Gasteiger partial charge is 0.0518 e. The number of hydrogen-bond acceptors (Lipinski definition) is 1. The van der Waals surface area contributed by atoms with Gasteiger partial charge in [-0.25, -0.2) is 0 Å². The molecule has 3 heteroatoms. The zero-order chi connectivity index (χ0) is 12.7. The van der Waals surface area contributed by atoms with E-state index in [1.165, 1.54) is 5.56 Å². The molecule has 0 saturated carbocycles. The number of alkyl halides is 1. The van der Waals surface area contributed by atoms with Crippen molar-refractivity contribution in [3.8, 4) is 0 Å². The quantitative estimate of drug-likeness (QED) is 0.664. The van der Waals surface area contributed by atoms with Gasteiger partial charge in [-0.05, 0) is 50.3 Å². The Morgan fingerprint density at radius 3 is 2.41 bits per heavy atom. The largest absolute Gasteiger partial charge is 0.379 e. The number of halogens is 2. The highest BCUT2D eigenvalue weighted by Gasteiger charge is 2.09. The van der Waals surface area contributed by atoms with E-state index in [2.05, 4.69) is 54.0 Å². The monoisotopic (exact) mass is 318 g/mol. The van der Waals surface area contributed by atoms with Crippen LogP contribution in [-0.2, 0) is 11.2 Å². The second-order valence-electron chi connectivity index (χ2n) is 4.56. The maximum Gasteiger partial charge on any atom is 0.0518 e. The zero-order valence-electron chi connectivity index (χ0n) is 10.5. The molecule has 17 heavy (non-hydrogen) atoms. The predicted octanol–water partition coefficient (Wildman–Crippen LogP) is 4.66. The number of benzene rings is 1. The van der Waals surface area contributed by atoms with Crippen molar-refractivity contribution in [2.45, 2.75) is 32.8 Å². The first-order chi connectivity index (χ1) is 8.11. The minimum Gasteiger partial charge on any atom is -0.379 e. The molecule has 0 fully saturated rings. The van der Waals surface area contributed by atoms with Gasteiger partial charge in [0.1, 0.15) is 0 Å². The van der Waals surface area contributed by atoms with Crippen molar-refractivity contribution in [1.29, 1.82) is 0 Å². The summed E-state index contributed by atoms with van der Waals surface area (Å²) >= 11 is 9.44. The topological polar surface area (TPSA) is 9.23 Å². The minimum atomic E-state index is 0.304. The Kier molecular flexibility index (Phi) is 7.17. The van der Waals surface area contributed by atoms with Crippen LogP contribution in [-0.4, -0.2) is 18.6 Å². The van der Waals surface area contributed by atoms with Gasteiger partial charge in [0.25, 0.3) is 0 Å². The maximum atomic E-state index is 6.00. The standard InChI is InChI=1S/C14H20BrClO/c1-11(2)17-8-7-13(10-16)9-12-3-5-14(15)6-4-12/h3-6,11,13H,7-10H2,1-2H3. The molecule has 1 aromatic rings. The molecule has 0 bridgehead atoms. The fraction of sp³-hybridized carbons (Fsp3) is 0.571. The molecule has 1 unspecified atom stereocenters. The van der Waals surface area contributed by atoms with Crippen molar-refractivity contribution in [2.24, 2.45) is 5.92 Å². The van der Waals surface area contributed by atoms with Crippen LogP contribution < -0.4 is 0 Å². The van der Waals surface area contributed by atoms with Crippen LogP contribution in [0.3, 0.4) is 0 Å². The van der Waals surface area contributed by atoms with Crippen molar-refractivity contribution >= 4 is 27.5 Å². The van der Waals surface area contributed by atoms with Crippen molar-refractivity contribution in [2.75, 3.05) is 12.5 Å². The summed E-state index contributed by atoms with van der Waals surface area (Å²) in [6.45, 7) is 4.92. The van der Waals surface area contributed by atoms with E-state index in [0.29, 0.717) is 17.9 Å². The summed E-state index contributed by atoms with van der Waals surface area (Å²) in [5.41, 5.74) is 1.34. The summed E-state index contributed by atoms with van der Waals surface area (Å²) in [7, 11) is 0. The van der Waals surface area contributed by atoms with E-state index >= 15 is 0 Å². The normalized spacial score (nSPS) is 13.0. The van der Waals surface area contributed by atoms with Gasteiger partial charge in [0, 0.05) is 17.0 Å². The number of hydrogen-bond donors (Lipinski definition) is 0. The Morgan fingerprint density at radius 1 is 1.24 bits per heavy atom. The predicted molar refractivity (Wildman–Crippen MR) is 77.8 cm³/mol. The Bertz CT molecular complexity index is 311. The molecule has 96 valence electrons. The van der Waals surface area contributed by atoms with E-state index in [0.717, 1.165) is 23.9 Å². The lowest BCUT2D eigenvalue weighted by atomic mass is 9.98. The van der Waals surface area contributed by atoms with Crippen LogP contribution in [0.2, 0.25) is 0 Å². The van der Waals surface area contributed by atoms with Crippen LogP contribution in [0.5, 0.6) is 0 Å². The van der Waals surface area contributed by atoms with Crippen LogP contribution in [0.4, 0.5) is 0 Å². The molecule has 0 aliphatic heterocycles. The Morgan fingerprint density at radius 2 is 1.88 bits per heavy atom. The van der Waals surface area contributed by atoms with Crippen LogP contribution in [0.1, 0.15) is 25.8 Å². The van der Waals surface area contributed by atoms with Gasteiger partial charge in [-0.1, -0.05) is 28.1 Å². The highest BCUT2D eigenvalue weighted by Crippen LogP contribution is 2.17. The molecule has 0 aliphatic carbocycles. The molecule has 0 aliphatic rings. The third-order valence-corrected chi connectivity index (χ3v) is 3.60. The van der Waals surface area contributed by atoms with Crippen LogP contribution >= 0.6 is 27.5 Å². The van der Waals surface area contributed by atoms with Crippen molar-refractivity contribution in [3.63, 3.8) is 0 Å². The zero-order valence-corrected chi connectivity index (χ0v) is 12.8. The van der Waals surface area contributed by atoms with Crippen molar-refractivity contribution < 1.29 is 4.74 Å². The second kappa shape index (κ2) is 8.12. The second-order valence-corrected chi connectivity index (χ2v) is 5.78. The van der Waals surface area contributed by atoms with Gasteiger partial charge in [0.2, 0.25) is 0 Å². The first-order valence-electron chi connectivity index (χ1n) is 6.03. The average Bonchev–Trinajstić information content (AvgIpc) is 2.30. The molecule has 0 N–H and O–H groups in total.